The summed E-state index contributed by atoms with van der Waals surface area (Å²) in [5.41, 5.74) is 0. The van der Waals surface area contributed by atoms with Crippen molar-refractivity contribution >= 4 is 17.2 Å². The molecule has 2 aliphatic heterocycles. The lowest BCUT2D eigenvalue weighted by atomic mass is 9.94. The molecule has 0 radical (unpaired) electrons. The summed E-state index contributed by atoms with van der Waals surface area (Å²) >= 11 is 1.84. The first-order valence-corrected chi connectivity index (χ1v) is 9.42. The summed E-state index contributed by atoms with van der Waals surface area (Å²) in [7, 11) is 0. The topological polar surface area (TPSA) is 44.4 Å². The SMILES string of the molecule is O=C(NCC1CCN(Cc2cccs2)CC1)C1CCNCC1. The summed E-state index contributed by atoms with van der Waals surface area (Å²) in [6.07, 6.45) is 4.39. The summed E-state index contributed by atoms with van der Waals surface area (Å²) in [5.74, 6) is 1.17. The van der Waals surface area contributed by atoms with Crippen LogP contribution < -0.4 is 10.6 Å². The van der Waals surface area contributed by atoms with Gasteiger partial charge in [-0.3, -0.25) is 9.69 Å². The average molecular weight is 321 g/mol. The summed E-state index contributed by atoms with van der Waals surface area (Å²) in [4.78, 5) is 16.2. The van der Waals surface area contributed by atoms with Crippen molar-refractivity contribution in [2.75, 3.05) is 32.7 Å². The van der Waals surface area contributed by atoms with E-state index >= 15 is 0 Å². The Morgan fingerprint density at radius 2 is 2.05 bits per heavy atom. The van der Waals surface area contributed by atoms with Crippen LogP contribution >= 0.6 is 11.3 Å². The van der Waals surface area contributed by atoms with E-state index in [2.05, 4.69) is 33.0 Å². The van der Waals surface area contributed by atoms with Gasteiger partial charge in [0.15, 0.2) is 0 Å². The number of carbonyl (C=O) groups is 1. The third-order valence-electron chi connectivity index (χ3n) is 4.94. The minimum atomic E-state index is 0.236. The van der Waals surface area contributed by atoms with E-state index in [1.54, 1.807) is 0 Å². The molecule has 4 nitrogen and oxygen atoms in total. The Morgan fingerprint density at radius 1 is 1.27 bits per heavy atom. The van der Waals surface area contributed by atoms with Crippen LogP contribution in [0.5, 0.6) is 0 Å². The smallest absolute Gasteiger partial charge is 0.223 e. The van der Waals surface area contributed by atoms with Crippen molar-refractivity contribution in [3.63, 3.8) is 0 Å². The van der Waals surface area contributed by atoms with E-state index in [0.29, 0.717) is 5.92 Å². The molecule has 122 valence electrons. The van der Waals surface area contributed by atoms with E-state index in [0.717, 1.165) is 52.1 Å². The highest BCUT2D eigenvalue weighted by Crippen LogP contribution is 2.20. The zero-order valence-corrected chi connectivity index (χ0v) is 14.0. The zero-order chi connectivity index (χ0) is 15.2. The number of rotatable bonds is 5. The van der Waals surface area contributed by atoms with Crippen LogP contribution in [0.1, 0.15) is 30.6 Å². The predicted octanol–water partition coefficient (Wildman–Crippen LogP) is 2.08. The van der Waals surface area contributed by atoms with Gasteiger partial charge < -0.3 is 10.6 Å². The molecule has 0 bridgehead atoms. The molecule has 1 aromatic rings. The summed E-state index contributed by atoms with van der Waals surface area (Å²) in [6, 6.07) is 4.35. The molecule has 2 N–H and O–H groups in total. The molecule has 0 aliphatic carbocycles. The number of hydrogen-bond donors (Lipinski definition) is 2. The van der Waals surface area contributed by atoms with E-state index in [9.17, 15) is 4.79 Å². The van der Waals surface area contributed by atoms with Crippen molar-refractivity contribution in [2.45, 2.75) is 32.2 Å². The molecule has 2 aliphatic rings. The summed E-state index contributed by atoms with van der Waals surface area (Å²) in [6.45, 7) is 6.25. The molecule has 2 fully saturated rings. The molecule has 2 saturated heterocycles. The van der Waals surface area contributed by atoms with Crippen LogP contribution in [0.3, 0.4) is 0 Å². The maximum atomic E-state index is 12.2. The van der Waals surface area contributed by atoms with E-state index in [1.165, 1.54) is 17.7 Å². The van der Waals surface area contributed by atoms with E-state index in [1.807, 2.05) is 11.3 Å². The first-order valence-electron chi connectivity index (χ1n) is 8.54. The molecule has 1 aromatic heterocycles. The minimum Gasteiger partial charge on any atom is -0.356 e. The van der Waals surface area contributed by atoms with Crippen LogP contribution in [0.15, 0.2) is 17.5 Å². The highest BCUT2D eigenvalue weighted by molar-refractivity contribution is 7.09. The van der Waals surface area contributed by atoms with Crippen molar-refractivity contribution in [3.05, 3.63) is 22.4 Å². The Balaban J connectivity index is 1.34. The second-order valence-electron chi connectivity index (χ2n) is 6.57. The Kier molecular flexibility index (Phi) is 5.87. The van der Waals surface area contributed by atoms with Crippen LogP contribution in [0.4, 0.5) is 0 Å². The number of nitrogens with zero attached hydrogens (tertiary/aromatic N) is 1. The fraction of sp³-hybridized carbons (Fsp3) is 0.706. The number of likely N-dealkylation sites (tertiary alicyclic amines) is 1. The monoisotopic (exact) mass is 321 g/mol. The normalized spacial score (nSPS) is 21.8. The first-order chi connectivity index (χ1) is 10.8. The molecule has 0 atom stereocenters. The first kappa shape index (κ1) is 16.0. The molecule has 0 aromatic carbocycles. The van der Waals surface area contributed by atoms with Crippen LogP contribution in [-0.2, 0) is 11.3 Å². The molecule has 0 saturated carbocycles. The highest BCUT2D eigenvalue weighted by atomic mass is 32.1. The molecule has 3 rings (SSSR count). The van der Waals surface area contributed by atoms with Gasteiger partial charge in [-0.2, -0.15) is 0 Å². The maximum absolute atomic E-state index is 12.2. The fourth-order valence-electron chi connectivity index (χ4n) is 3.44. The van der Waals surface area contributed by atoms with Crippen LogP contribution in [-0.4, -0.2) is 43.5 Å². The van der Waals surface area contributed by atoms with Gasteiger partial charge in [-0.05, 0) is 69.2 Å². The number of piperidine rings is 2. The van der Waals surface area contributed by atoms with Crippen molar-refractivity contribution in [3.8, 4) is 0 Å². The predicted molar refractivity (Wildman–Crippen MR) is 90.9 cm³/mol. The zero-order valence-electron chi connectivity index (χ0n) is 13.2. The van der Waals surface area contributed by atoms with Crippen LogP contribution in [0.2, 0.25) is 0 Å². The number of amides is 1. The minimum absolute atomic E-state index is 0.236. The van der Waals surface area contributed by atoms with Crippen molar-refractivity contribution < 1.29 is 4.79 Å². The van der Waals surface area contributed by atoms with Crippen molar-refractivity contribution in [1.82, 2.24) is 15.5 Å². The van der Waals surface area contributed by atoms with Crippen LogP contribution in [0, 0.1) is 11.8 Å². The highest BCUT2D eigenvalue weighted by Gasteiger charge is 2.23. The summed E-state index contributed by atoms with van der Waals surface area (Å²) < 4.78 is 0. The molecule has 0 spiro atoms. The van der Waals surface area contributed by atoms with Gasteiger partial charge in [0, 0.05) is 23.9 Å². The second-order valence-corrected chi connectivity index (χ2v) is 7.60. The Bertz CT molecular complexity index is 448. The van der Waals surface area contributed by atoms with Gasteiger partial charge in [0.1, 0.15) is 0 Å². The van der Waals surface area contributed by atoms with E-state index in [-0.39, 0.29) is 11.8 Å². The lowest BCUT2D eigenvalue weighted by molar-refractivity contribution is -0.126. The standard InChI is InChI=1S/C17H27N3OS/c21-17(15-3-7-18-8-4-15)19-12-14-5-9-20(10-6-14)13-16-2-1-11-22-16/h1-2,11,14-15,18H,3-10,12-13H2,(H,19,21). The maximum Gasteiger partial charge on any atom is 0.223 e. The second kappa shape index (κ2) is 8.09. The van der Waals surface area contributed by atoms with Gasteiger partial charge in [0.25, 0.3) is 0 Å². The molecule has 3 heterocycles. The molecular weight excluding hydrogens is 294 g/mol. The lowest BCUT2D eigenvalue weighted by Crippen LogP contribution is -2.42. The van der Waals surface area contributed by atoms with Crippen LogP contribution in [0.25, 0.3) is 0 Å². The molecule has 1 amide bonds. The van der Waals surface area contributed by atoms with E-state index in [4.69, 9.17) is 0 Å². The number of hydrogen-bond acceptors (Lipinski definition) is 4. The Labute approximate surface area is 137 Å². The third kappa shape index (κ3) is 4.54. The quantitative estimate of drug-likeness (QED) is 0.873. The Morgan fingerprint density at radius 3 is 2.73 bits per heavy atom. The van der Waals surface area contributed by atoms with Gasteiger partial charge in [-0.25, -0.2) is 0 Å². The molecule has 22 heavy (non-hydrogen) atoms. The largest absolute Gasteiger partial charge is 0.356 e. The molecule has 5 heteroatoms. The lowest BCUT2D eigenvalue weighted by Gasteiger charge is -2.32. The van der Waals surface area contributed by atoms with Gasteiger partial charge in [0.05, 0.1) is 0 Å². The number of carbonyl (C=O) groups excluding carboxylic acids is 1. The average Bonchev–Trinajstić information content (AvgIpc) is 3.08. The molecular formula is C17H27N3OS. The van der Waals surface area contributed by atoms with Gasteiger partial charge in [0.2, 0.25) is 5.91 Å². The third-order valence-corrected chi connectivity index (χ3v) is 5.80. The van der Waals surface area contributed by atoms with Gasteiger partial charge in [-0.15, -0.1) is 11.3 Å². The van der Waals surface area contributed by atoms with E-state index < -0.39 is 0 Å². The molecule has 0 unspecified atom stereocenters. The van der Waals surface area contributed by atoms with Crippen molar-refractivity contribution in [1.29, 1.82) is 0 Å². The summed E-state index contributed by atoms with van der Waals surface area (Å²) in [5, 5.41) is 8.66. The van der Waals surface area contributed by atoms with Gasteiger partial charge >= 0.3 is 0 Å². The number of nitrogens with one attached hydrogen (secondary N) is 2. The fourth-order valence-corrected chi connectivity index (χ4v) is 4.19. The van der Waals surface area contributed by atoms with Gasteiger partial charge in [-0.1, -0.05) is 6.07 Å². The Hall–Kier alpha value is -0.910. The van der Waals surface area contributed by atoms with Crippen molar-refractivity contribution in [2.24, 2.45) is 11.8 Å². The number of thiophene rings is 1.